The van der Waals surface area contributed by atoms with Gasteiger partial charge in [-0.3, -0.25) is 0 Å². The lowest BCUT2D eigenvalue weighted by Gasteiger charge is -2.10. The Bertz CT molecular complexity index is 683. The highest BCUT2D eigenvalue weighted by Crippen LogP contribution is 2.29. The van der Waals surface area contributed by atoms with Gasteiger partial charge in [0.1, 0.15) is 5.75 Å². The molecule has 0 radical (unpaired) electrons. The van der Waals surface area contributed by atoms with Gasteiger partial charge in [0.15, 0.2) is 17.5 Å². The molecule has 0 bridgehead atoms. The number of hydrogen-bond donors (Lipinski definition) is 0. The Morgan fingerprint density at radius 3 is 2.12 bits per heavy atom. The fourth-order valence-corrected chi connectivity index (χ4v) is 3.67. The predicted molar refractivity (Wildman–Crippen MR) is 97.7 cm³/mol. The Balaban J connectivity index is 1.43. The third kappa shape index (κ3) is 5.03. The van der Waals surface area contributed by atoms with Gasteiger partial charge >= 0.3 is 0 Å². The first-order valence-electron chi connectivity index (χ1n) is 9.51. The maximum absolute atomic E-state index is 13.3. The Labute approximate surface area is 153 Å². The molecule has 0 aromatic heterocycles. The summed E-state index contributed by atoms with van der Waals surface area (Å²) in [6.07, 6.45) is 10.5. The van der Waals surface area contributed by atoms with Crippen LogP contribution in [0, 0.1) is 23.4 Å². The summed E-state index contributed by atoms with van der Waals surface area (Å²) in [7, 11) is 0. The molecular formula is C22H25F3O. The maximum atomic E-state index is 13.3. The predicted octanol–water partition coefficient (Wildman–Crippen LogP) is 6.90. The molecule has 26 heavy (non-hydrogen) atoms. The van der Waals surface area contributed by atoms with Gasteiger partial charge in [-0.25, -0.2) is 13.2 Å². The summed E-state index contributed by atoms with van der Waals surface area (Å²) in [6.45, 7) is 0.670. The Hall–Kier alpha value is -1.97. The summed E-state index contributed by atoms with van der Waals surface area (Å²) in [5, 5.41) is 0. The van der Waals surface area contributed by atoms with Crippen LogP contribution in [0.5, 0.6) is 5.75 Å². The zero-order valence-corrected chi connectivity index (χ0v) is 14.9. The molecule has 0 unspecified atom stereocenters. The largest absolute Gasteiger partial charge is 0.494 e. The molecule has 4 heteroatoms. The van der Waals surface area contributed by atoms with Crippen molar-refractivity contribution in [3.8, 4) is 16.9 Å². The van der Waals surface area contributed by atoms with E-state index >= 15 is 0 Å². The highest BCUT2D eigenvalue weighted by Gasteiger charge is 2.14. The molecule has 1 saturated carbocycles. The van der Waals surface area contributed by atoms with Gasteiger partial charge in [0.05, 0.1) is 6.61 Å². The summed E-state index contributed by atoms with van der Waals surface area (Å²) < 4.78 is 45.4. The molecule has 1 nitrogen and oxygen atoms in total. The third-order valence-electron chi connectivity index (χ3n) is 5.17. The van der Waals surface area contributed by atoms with Crippen LogP contribution in [0.4, 0.5) is 13.2 Å². The van der Waals surface area contributed by atoms with Crippen molar-refractivity contribution in [1.82, 2.24) is 0 Å². The normalized spacial score (nSPS) is 14.7. The highest BCUT2D eigenvalue weighted by atomic mass is 19.2. The average molecular weight is 362 g/mol. The van der Waals surface area contributed by atoms with E-state index in [1.165, 1.54) is 44.9 Å². The van der Waals surface area contributed by atoms with Crippen LogP contribution in [0.25, 0.3) is 11.1 Å². The first-order valence-corrected chi connectivity index (χ1v) is 9.51. The van der Waals surface area contributed by atoms with Crippen LogP contribution in [0.2, 0.25) is 0 Å². The zero-order valence-electron chi connectivity index (χ0n) is 14.9. The number of rotatable bonds is 8. The molecule has 0 amide bonds. The number of unbranched alkanes of at least 4 members (excludes halogenated alkanes) is 2. The maximum Gasteiger partial charge on any atom is 0.194 e. The minimum atomic E-state index is -1.44. The molecule has 1 aliphatic rings. The summed E-state index contributed by atoms with van der Waals surface area (Å²) in [5.41, 5.74) is 0.923. The Morgan fingerprint density at radius 2 is 1.46 bits per heavy atom. The molecule has 0 atom stereocenters. The second kappa shape index (κ2) is 9.11. The monoisotopic (exact) mass is 362 g/mol. The first kappa shape index (κ1) is 18.8. The average Bonchev–Trinajstić information content (AvgIpc) is 3.16. The van der Waals surface area contributed by atoms with E-state index in [-0.39, 0.29) is 0 Å². The lowest BCUT2D eigenvalue weighted by molar-refractivity contribution is 0.302. The topological polar surface area (TPSA) is 9.23 Å². The number of halogens is 3. The van der Waals surface area contributed by atoms with Gasteiger partial charge in [-0.15, -0.1) is 0 Å². The van der Waals surface area contributed by atoms with Crippen molar-refractivity contribution >= 4 is 0 Å². The summed E-state index contributed by atoms with van der Waals surface area (Å²) >= 11 is 0. The van der Waals surface area contributed by atoms with Crippen LogP contribution in [0.3, 0.4) is 0 Å². The van der Waals surface area contributed by atoms with E-state index in [0.29, 0.717) is 17.7 Å². The summed E-state index contributed by atoms with van der Waals surface area (Å²) in [5.74, 6) is -2.13. The standard InChI is InChI=1S/C22H25F3O/c23-20-14-18(15-21(24)22(20)25)17-9-11-19(12-10-17)26-13-5-1-2-6-16-7-3-4-8-16/h9-12,14-16H,1-8,13H2. The Morgan fingerprint density at radius 1 is 0.808 bits per heavy atom. The number of hydrogen-bond acceptors (Lipinski definition) is 1. The first-order chi connectivity index (χ1) is 12.6. The van der Waals surface area contributed by atoms with Gasteiger partial charge in [-0.2, -0.15) is 0 Å². The molecule has 0 aliphatic heterocycles. The minimum absolute atomic E-state index is 0.305. The highest BCUT2D eigenvalue weighted by molar-refractivity contribution is 5.64. The smallest absolute Gasteiger partial charge is 0.194 e. The SMILES string of the molecule is Fc1cc(-c2ccc(OCCCCCC3CCCC3)cc2)cc(F)c1F. The molecule has 0 heterocycles. The van der Waals surface area contributed by atoms with Gasteiger partial charge in [0.25, 0.3) is 0 Å². The molecule has 0 N–H and O–H groups in total. The molecule has 0 saturated heterocycles. The molecule has 3 rings (SSSR count). The Kier molecular flexibility index (Phi) is 6.59. The van der Waals surface area contributed by atoms with Crippen molar-refractivity contribution in [2.75, 3.05) is 6.61 Å². The lowest BCUT2D eigenvalue weighted by Crippen LogP contribution is -1.98. The van der Waals surface area contributed by atoms with Crippen LogP contribution in [0.1, 0.15) is 51.4 Å². The van der Waals surface area contributed by atoms with Crippen LogP contribution >= 0.6 is 0 Å². The molecule has 0 spiro atoms. The summed E-state index contributed by atoms with van der Waals surface area (Å²) in [6, 6.07) is 8.99. The van der Waals surface area contributed by atoms with Crippen LogP contribution < -0.4 is 4.74 Å². The van der Waals surface area contributed by atoms with Crippen molar-refractivity contribution in [3.05, 3.63) is 53.8 Å². The van der Waals surface area contributed by atoms with Crippen molar-refractivity contribution in [2.45, 2.75) is 51.4 Å². The second-order valence-corrected chi connectivity index (χ2v) is 7.13. The minimum Gasteiger partial charge on any atom is -0.494 e. The van der Waals surface area contributed by atoms with E-state index in [0.717, 1.165) is 30.2 Å². The zero-order chi connectivity index (χ0) is 18.4. The molecular weight excluding hydrogens is 337 g/mol. The molecule has 140 valence electrons. The van der Waals surface area contributed by atoms with Crippen LogP contribution in [-0.4, -0.2) is 6.61 Å². The van der Waals surface area contributed by atoms with Crippen molar-refractivity contribution < 1.29 is 17.9 Å². The van der Waals surface area contributed by atoms with E-state index in [4.69, 9.17) is 4.74 Å². The van der Waals surface area contributed by atoms with Crippen molar-refractivity contribution in [1.29, 1.82) is 0 Å². The molecule has 2 aromatic carbocycles. The van der Waals surface area contributed by atoms with Crippen LogP contribution in [0.15, 0.2) is 36.4 Å². The number of ether oxygens (including phenoxy) is 1. The van der Waals surface area contributed by atoms with Crippen molar-refractivity contribution in [2.24, 2.45) is 5.92 Å². The molecule has 1 fully saturated rings. The van der Waals surface area contributed by atoms with Gasteiger partial charge in [0, 0.05) is 0 Å². The molecule has 2 aromatic rings. The second-order valence-electron chi connectivity index (χ2n) is 7.13. The van der Waals surface area contributed by atoms with Gasteiger partial charge < -0.3 is 4.74 Å². The van der Waals surface area contributed by atoms with Gasteiger partial charge in [-0.1, -0.05) is 57.1 Å². The van der Waals surface area contributed by atoms with E-state index < -0.39 is 17.5 Å². The van der Waals surface area contributed by atoms with E-state index in [1.54, 1.807) is 24.3 Å². The fraction of sp³-hybridized carbons (Fsp3) is 0.455. The van der Waals surface area contributed by atoms with Gasteiger partial charge in [0.2, 0.25) is 0 Å². The van der Waals surface area contributed by atoms with Crippen molar-refractivity contribution in [3.63, 3.8) is 0 Å². The fourth-order valence-electron chi connectivity index (χ4n) is 3.67. The lowest BCUT2D eigenvalue weighted by atomic mass is 10.0. The number of benzene rings is 2. The van der Waals surface area contributed by atoms with E-state index in [2.05, 4.69) is 0 Å². The molecule has 1 aliphatic carbocycles. The van der Waals surface area contributed by atoms with E-state index in [1.807, 2.05) is 0 Å². The quantitative estimate of drug-likeness (QED) is 0.366. The van der Waals surface area contributed by atoms with Gasteiger partial charge in [-0.05, 0) is 47.7 Å². The summed E-state index contributed by atoms with van der Waals surface area (Å²) in [4.78, 5) is 0. The third-order valence-corrected chi connectivity index (χ3v) is 5.17. The van der Waals surface area contributed by atoms with E-state index in [9.17, 15) is 13.2 Å². The van der Waals surface area contributed by atoms with Crippen LogP contribution in [-0.2, 0) is 0 Å².